The van der Waals surface area contributed by atoms with E-state index in [1.54, 1.807) is 36.4 Å². The quantitative estimate of drug-likeness (QED) is 0.525. The Morgan fingerprint density at radius 2 is 2.06 bits per heavy atom. The van der Waals surface area contributed by atoms with Crippen LogP contribution < -0.4 is 16.1 Å². The van der Waals surface area contributed by atoms with Crippen LogP contribution in [0.5, 0.6) is 0 Å². The van der Waals surface area contributed by atoms with Crippen LogP contribution in [0.4, 0.5) is 23.3 Å². The molecule has 1 aliphatic carbocycles. The molecule has 3 heterocycles. The normalized spacial score (nSPS) is 19.9. The molecule has 0 saturated carbocycles. The van der Waals surface area contributed by atoms with E-state index in [-0.39, 0.29) is 11.5 Å². The minimum absolute atomic E-state index is 0.129. The van der Waals surface area contributed by atoms with Gasteiger partial charge < -0.3 is 20.1 Å². The number of rotatable bonds is 5. The molecule has 8 nitrogen and oxygen atoms in total. The number of nitrogens with zero attached hydrogens (tertiary/aromatic N) is 5. The van der Waals surface area contributed by atoms with Gasteiger partial charge >= 0.3 is 0 Å². The van der Waals surface area contributed by atoms with Crippen molar-refractivity contribution in [2.75, 3.05) is 37.5 Å². The maximum atomic E-state index is 12.4. The maximum absolute atomic E-state index is 12.4. The summed E-state index contributed by atoms with van der Waals surface area (Å²) in [6.45, 7) is 2.49. The van der Waals surface area contributed by atoms with Gasteiger partial charge in [0.2, 0.25) is 5.95 Å². The maximum Gasteiger partial charge on any atom is 0.229 e. The summed E-state index contributed by atoms with van der Waals surface area (Å²) in [5, 5.41) is 15.9. The summed E-state index contributed by atoms with van der Waals surface area (Å²) in [5.74, 6) is 0.937. The molecule has 1 atom stereocenters. The van der Waals surface area contributed by atoms with Crippen molar-refractivity contribution >= 4 is 35.8 Å². The van der Waals surface area contributed by atoms with E-state index in [9.17, 15) is 9.83 Å². The van der Waals surface area contributed by atoms with Crippen LogP contribution in [0.3, 0.4) is 0 Å². The molecular formula is C25H28N7OP. The molecule has 1 aromatic carbocycles. The lowest BCUT2D eigenvalue weighted by Gasteiger charge is -2.37. The van der Waals surface area contributed by atoms with E-state index in [0.29, 0.717) is 29.6 Å². The summed E-state index contributed by atoms with van der Waals surface area (Å²) >= 11 is 0. The number of nitriles is 1. The van der Waals surface area contributed by atoms with Crippen molar-refractivity contribution in [1.82, 2.24) is 19.9 Å². The number of hydrogen-bond donors (Lipinski definition) is 2. The number of nitrogens with one attached hydrogen (secondary N) is 2. The van der Waals surface area contributed by atoms with Gasteiger partial charge in [-0.3, -0.25) is 0 Å². The molecule has 0 bridgehead atoms. The first-order valence-electron chi connectivity index (χ1n) is 12.3. The van der Waals surface area contributed by atoms with Crippen molar-refractivity contribution in [2.45, 2.75) is 31.7 Å². The number of hydrogen-bond acceptors (Lipinski definition) is 8. The Kier molecular flexibility index (Phi) is 5.23. The summed E-state index contributed by atoms with van der Waals surface area (Å²) in [5.41, 5.74) is 5.01. The van der Waals surface area contributed by atoms with E-state index >= 15 is 0 Å². The van der Waals surface area contributed by atoms with Crippen LogP contribution in [0.15, 0.2) is 36.5 Å². The van der Waals surface area contributed by atoms with Gasteiger partial charge in [0.05, 0.1) is 6.20 Å². The van der Waals surface area contributed by atoms with Crippen LogP contribution in [0, 0.1) is 11.3 Å². The number of aryl methyl sites for hydroxylation is 1. The second kappa shape index (κ2) is 8.83. The second-order valence-electron chi connectivity index (χ2n) is 9.19. The van der Waals surface area contributed by atoms with Gasteiger partial charge in [-0.15, -0.1) is 0 Å². The van der Waals surface area contributed by atoms with Gasteiger partial charge in [-0.2, -0.15) is 10.2 Å². The van der Waals surface area contributed by atoms with Crippen molar-refractivity contribution in [3.05, 3.63) is 58.8 Å². The van der Waals surface area contributed by atoms with Crippen LogP contribution in [0.2, 0.25) is 0 Å². The van der Waals surface area contributed by atoms with Crippen molar-refractivity contribution in [3.63, 3.8) is 0 Å². The number of aromatic nitrogens is 3. The van der Waals surface area contributed by atoms with Gasteiger partial charge in [0.15, 0.2) is 5.82 Å². The molecule has 2 aromatic heterocycles. The van der Waals surface area contributed by atoms with Gasteiger partial charge in [0, 0.05) is 21.5 Å². The molecule has 2 N–H and O–H groups in total. The predicted octanol–water partition coefficient (Wildman–Crippen LogP) is 4.34. The Bertz CT molecular complexity index is 1430. The molecule has 174 valence electrons. The molecule has 34 heavy (non-hydrogen) atoms. The Morgan fingerprint density at radius 3 is 2.85 bits per heavy atom. The molecule has 9 heteroatoms. The zero-order valence-electron chi connectivity index (χ0n) is 21.5. The van der Waals surface area contributed by atoms with E-state index < -0.39 is 13.6 Å². The third kappa shape index (κ3) is 4.54. The summed E-state index contributed by atoms with van der Waals surface area (Å²) in [6.07, 6.45) is 4.16. The largest absolute Gasteiger partial charge is 0.324 e. The van der Waals surface area contributed by atoms with Crippen LogP contribution in [-0.2, 0) is 17.5 Å². The molecular weight excluding hydrogens is 445 g/mol. The van der Waals surface area contributed by atoms with Gasteiger partial charge in [0.1, 0.15) is 30.0 Å². The summed E-state index contributed by atoms with van der Waals surface area (Å²) in [7, 11) is -0.711. The predicted molar refractivity (Wildman–Crippen MR) is 135 cm³/mol. The van der Waals surface area contributed by atoms with Crippen LogP contribution in [-0.4, -0.2) is 46.7 Å². The number of likely N-dealkylation sites (N-methyl/N-ethyl adjacent to an activating group) is 1. The lowest BCUT2D eigenvalue weighted by Crippen LogP contribution is -2.33. The third-order valence-electron chi connectivity index (χ3n) is 6.12. The zero-order chi connectivity index (χ0) is 25.7. The fraction of sp³-hybridized carbons (Fsp3) is 0.360. The van der Waals surface area contributed by atoms with E-state index in [4.69, 9.17) is 2.74 Å². The number of anilines is 4. The standard InChI is InChI=1S/C25H28N7OP/c1-32-14-17-7-4-6-16-10-20(11-18(15-32)23(16)17)28-25-27-13-19(12-26)24(31-25)30-21-8-5-9-22(29-21)34(2,3)33/h5,8-11,13,17H,4,6-7,14-15H2,1-3H3,(H2,27,28,29,30,31)/i14D2. The minimum Gasteiger partial charge on any atom is -0.324 e. The van der Waals surface area contributed by atoms with Gasteiger partial charge in [-0.05, 0) is 86.5 Å². The molecule has 0 radical (unpaired) electrons. The smallest absolute Gasteiger partial charge is 0.229 e. The first-order chi connectivity index (χ1) is 17.1. The van der Waals surface area contributed by atoms with E-state index in [0.717, 1.165) is 36.1 Å². The Balaban J connectivity index is 1.46. The fourth-order valence-corrected chi connectivity index (χ4v) is 5.43. The van der Waals surface area contributed by atoms with E-state index in [1.165, 1.54) is 11.8 Å². The molecule has 2 aliphatic rings. The van der Waals surface area contributed by atoms with Crippen molar-refractivity contribution in [3.8, 4) is 6.07 Å². The monoisotopic (exact) mass is 475 g/mol. The molecule has 0 spiro atoms. The number of pyridine rings is 1. The Labute approximate surface area is 202 Å². The summed E-state index contributed by atoms with van der Waals surface area (Å²) in [4.78, 5) is 15.1. The molecule has 1 aliphatic heterocycles. The Morgan fingerprint density at radius 1 is 1.24 bits per heavy atom. The van der Waals surface area contributed by atoms with Crippen LogP contribution >= 0.6 is 7.14 Å². The molecule has 0 amide bonds. The van der Waals surface area contributed by atoms with Gasteiger partial charge in [0.25, 0.3) is 0 Å². The van der Waals surface area contributed by atoms with Crippen LogP contribution in [0.25, 0.3) is 0 Å². The first kappa shape index (κ1) is 20.1. The highest BCUT2D eigenvalue weighted by atomic mass is 31.2. The molecule has 5 rings (SSSR count). The second-order valence-corrected chi connectivity index (χ2v) is 12.3. The van der Waals surface area contributed by atoms with Crippen molar-refractivity contribution in [1.29, 1.82) is 5.26 Å². The zero-order valence-corrected chi connectivity index (χ0v) is 20.4. The minimum atomic E-state index is -2.54. The third-order valence-corrected chi connectivity index (χ3v) is 7.47. The molecule has 3 aromatic rings. The van der Waals surface area contributed by atoms with Crippen LogP contribution in [0.1, 0.15) is 43.8 Å². The van der Waals surface area contributed by atoms with Crippen molar-refractivity contribution in [2.24, 2.45) is 0 Å². The fourth-order valence-electron chi connectivity index (χ4n) is 4.64. The molecule has 0 fully saturated rings. The van der Waals surface area contributed by atoms with E-state index in [1.807, 2.05) is 13.1 Å². The average molecular weight is 476 g/mol. The van der Waals surface area contributed by atoms with Gasteiger partial charge in [-0.25, -0.2) is 9.97 Å². The van der Waals surface area contributed by atoms with Crippen molar-refractivity contribution < 1.29 is 7.31 Å². The lowest BCUT2D eigenvalue weighted by atomic mass is 9.77. The van der Waals surface area contributed by atoms with Gasteiger partial charge in [-0.1, -0.05) is 6.07 Å². The summed E-state index contributed by atoms with van der Waals surface area (Å²) < 4.78 is 29.6. The Hall–Kier alpha value is -3.27. The highest BCUT2D eigenvalue weighted by Crippen LogP contribution is 2.40. The lowest BCUT2D eigenvalue weighted by molar-refractivity contribution is 0.266. The highest BCUT2D eigenvalue weighted by molar-refractivity contribution is 7.69. The average Bonchev–Trinajstić information content (AvgIpc) is 2.82. The number of benzene rings is 1. The summed E-state index contributed by atoms with van der Waals surface area (Å²) in [6, 6.07) is 11.4. The molecule has 0 saturated heterocycles. The topological polar surface area (TPSA) is 107 Å². The first-order valence-corrected chi connectivity index (χ1v) is 13.9. The molecule has 1 unspecified atom stereocenters. The van der Waals surface area contributed by atoms with E-state index in [2.05, 4.69) is 37.7 Å². The SMILES string of the molecule is [2H]C1([2H])C2CCCc3cc(Nc4ncc(C#N)c(Nc5cccc(P(C)(C)=O)n5)n4)cc(c32)CN1C. The highest BCUT2D eigenvalue weighted by Gasteiger charge is 2.29.